The van der Waals surface area contributed by atoms with Gasteiger partial charge in [0.25, 0.3) is 0 Å². The zero-order valence-electron chi connectivity index (χ0n) is 15.4. The van der Waals surface area contributed by atoms with Crippen LogP contribution in [0.2, 0.25) is 0 Å². The van der Waals surface area contributed by atoms with Crippen molar-refractivity contribution in [3.63, 3.8) is 0 Å². The number of halogens is 1. The van der Waals surface area contributed by atoms with Gasteiger partial charge in [0.05, 0.1) is 12.3 Å². The molecule has 1 fully saturated rings. The Kier molecular flexibility index (Phi) is 7.10. The molecule has 1 aliphatic heterocycles. The molecule has 3 rings (SSSR count). The molecule has 1 aliphatic rings. The van der Waals surface area contributed by atoms with Crippen LogP contribution in [0.5, 0.6) is 0 Å². The number of amides is 2. The maximum atomic E-state index is 12.8. The quantitative estimate of drug-likeness (QED) is 0.621. The molecule has 2 aromatic rings. The number of nitrogens with zero attached hydrogens (tertiary/aromatic N) is 1. The number of rotatable bonds is 5. The maximum absolute atomic E-state index is 12.8. The van der Waals surface area contributed by atoms with Crippen LogP contribution < -0.4 is 10.2 Å². The van der Waals surface area contributed by atoms with Crippen LogP contribution in [-0.4, -0.2) is 30.7 Å². The molecule has 28 heavy (non-hydrogen) atoms. The summed E-state index contributed by atoms with van der Waals surface area (Å²) in [5.41, 5.74) is 1.74. The van der Waals surface area contributed by atoms with Crippen LogP contribution in [0.3, 0.4) is 0 Å². The van der Waals surface area contributed by atoms with E-state index in [-0.39, 0.29) is 29.9 Å². The molecule has 0 saturated carbocycles. The number of hydrogen-bond acceptors (Lipinski definition) is 3. The number of benzene rings is 2. The minimum atomic E-state index is -0.292. The fourth-order valence-corrected chi connectivity index (χ4v) is 3.55. The number of hydrogen-bond donors (Lipinski definition) is 1. The number of piperidine rings is 1. The summed E-state index contributed by atoms with van der Waals surface area (Å²) in [4.78, 5) is 26.4. The number of anilines is 1. The monoisotopic (exact) mass is 396 g/mol. The van der Waals surface area contributed by atoms with Crippen LogP contribution in [0.1, 0.15) is 24.8 Å². The highest BCUT2D eigenvalue weighted by Gasteiger charge is 2.19. The average molecular weight is 396 g/mol. The molecule has 4 nitrogen and oxygen atoms in total. The van der Waals surface area contributed by atoms with E-state index in [1.165, 1.54) is 23.9 Å². The predicted molar refractivity (Wildman–Crippen MR) is 110 cm³/mol. The number of nitrogens with one attached hydrogen (secondary N) is 1. The smallest absolute Gasteiger partial charge is 0.231 e. The van der Waals surface area contributed by atoms with Gasteiger partial charge in [-0.05, 0) is 61.4 Å². The number of carbonyl (C=O) groups is 2. The highest BCUT2D eigenvalue weighted by atomic mass is 32.2. The summed E-state index contributed by atoms with van der Waals surface area (Å²) < 4.78 is 12.8. The molecular formula is C22H21FN2O2S. The van der Waals surface area contributed by atoms with Crippen molar-refractivity contribution in [1.29, 1.82) is 0 Å². The maximum Gasteiger partial charge on any atom is 0.231 e. The zero-order chi connectivity index (χ0) is 19.8. The van der Waals surface area contributed by atoms with Gasteiger partial charge in [-0.1, -0.05) is 11.8 Å². The molecule has 0 aromatic heterocycles. The minimum absolute atomic E-state index is 0.123. The highest BCUT2D eigenvalue weighted by Crippen LogP contribution is 2.21. The fourth-order valence-electron chi connectivity index (χ4n) is 2.82. The molecule has 0 aliphatic carbocycles. The van der Waals surface area contributed by atoms with E-state index in [1.807, 2.05) is 29.2 Å². The van der Waals surface area contributed by atoms with E-state index in [9.17, 15) is 14.0 Å². The molecule has 0 unspecified atom stereocenters. The first-order valence-electron chi connectivity index (χ1n) is 9.16. The summed E-state index contributed by atoms with van der Waals surface area (Å²) >= 11 is 1.35. The van der Waals surface area contributed by atoms with Crippen LogP contribution in [-0.2, 0) is 9.59 Å². The van der Waals surface area contributed by atoms with Crippen molar-refractivity contribution >= 4 is 29.3 Å². The standard InChI is InChI=1S/C22H21FN2O2S/c23-18-8-12-20(13-9-18)28-16-21(26)24-14-3-4-17-6-10-19(11-7-17)25-15-2-1-5-22(25)27/h6-13H,1-2,5,14-16H2,(H,24,26). The normalized spacial score (nSPS) is 13.6. The van der Waals surface area contributed by atoms with Crippen LogP contribution in [0, 0.1) is 17.7 Å². The lowest BCUT2D eigenvalue weighted by Crippen LogP contribution is -2.35. The van der Waals surface area contributed by atoms with Crippen LogP contribution >= 0.6 is 11.8 Å². The zero-order valence-corrected chi connectivity index (χ0v) is 16.2. The Morgan fingerprint density at radius 1 is 1.11 bits per heavy atom. The van der Waals surface area contributed by atoms with Crippen LogP contribution in [0.25, 0.3) is 0 Å². The van der Waals surface area contributed by atoms with E-state index in [0.717, 1.165) is 35.5 Å². The lowest BCUT2D eigenvalue weighted by Gasteiger charge is -2.26. The molecule has 1 N–H and O–H groups in total. The highest BCUT2D eigenvalue weighted by molar-refractivity contribution is 8.00. The van der Waals surface area contributed by atoms with Crippen LogP contribution in [0.15, 0.2) is 53.4 Å². The van der Waals surface area contributed by atoms with Gasteiger partial charge in [-0.3, -0.25) is 9.59 Å². The topological polar surface area (TPSA) is 49.4 Å². The van der Waals surface area contributed by atoms with E-state index in [2.05, 4.69) is 17.2 Å². The van der Waals surface area contributed by atoms with Gasteiger partial charge in [-0.15, -0.1) is 11.8 Å². The summed E-state index contributed by atoms with van der Waals surface area (Å²) in [6.07, 6.45) is 2.61. The van der Waals surface area contributed by atoms with Crippen molar-refractivity contribution in [2.75, 3.05) is 23.7 Å². The Hall–Kier alpha value is -2.78. The Labute approximate surface area is 168 Å². The van der Waals surface area contributed by atoms with E-state index < -0.39 is 0 Å². The third-order valence-electron chi connectivity index (χ3n) is 4.29. The number of thioether (sulfide) groups is 1. The van der Waals surface area contributed by atoms with Gasteiger partial charge in [0.2, 0.25) is 11.8 Å². The fraction of sp³-hybridized carbons (Fsp3) is 0.273. The van der Waals surface area contributed by atoms with E-state index in [1.54, 1.807) is 12.1 Å². The third-order valence-corrected chi connectivity index (χ3v) is 5.30. The average Bonchev–Trinajstić information content (AvgIpc) is 2.72. The van der Waals surface area contributed by atoms with Crippen molar-refractivity contribution in [2.45, 2.75) is 24.2 Å². The van der Waals surface area contributed by atoms with Crippen molar-refractivity contribution < 1.29 is 14.0 Å². The van der Waals surface area contributed by atoms with E-state index >= 15 is 0 Å². The van der Waals surface area contributed by atoms with Crippen molar-refractivity contribution in [2.24, 2.45) is 0 Å². The summed E-state index contributed by atoms with van der Waals surface area (Å²) in [6.45, 7) is 1.03. The van der Waals surface area contributed by atoms with Gasteiger partial charge in [0.1, 0.15) is 5.82 Å². The van der Waals surface area contributed by atoms with E-state index in [0.29, 0.717) is 6.42 Å². The molecule has 1 saturated heterocycles. The van der Waals surface area contributed by atoms with Crippen LogP contribution in [0.4, 0.5) is 10.1 Å². The Morgan fingerprint density at radius 2 is 1.86 bits per heavy atom. The summed E-state index contributed by atoms with van der Waals surface area (Å²) in [5, 5.41) is 2.74. The predicted octanol–water partition coefficient (Wildman–Crippen LogP) is 3.60. The first kappa shape index (κ1) is 20.0. The lowest BCUT2D eigenvalue weighted by atomic mass is 10.1. The van der Waals surface area contributed by atoms with Crippen molar-refractivity contribution in [3.8, 4) is 11.8 Å². The first-order valence-corrected chi connectivity index (χ1v) is 10.1. The summed E-state index contributed by atoms with van der Waals surface area (Å²) in [6, 6.07) is 13.6. The molecule has 0 spiro atoms. The number of carbonyl (C=O) groups excluding carboxylic acids is 2. The molecule has 0 bridgehead atoms. The molecule has 144 valence electrons. The molecule has 2 aromatic carbocycles. The molecule has 0 atom stereocenters. The third kappa shape index (κ3) is 5.86. The lowest BCUT2D eigenvalue weighted by molar-refractivity contribution is -0.119. The molecular weight excluding hydrogens is 375 g/mol. The van der Waals surface area contributed by atoms with Crippen molar-refractivity contribution in [3.05, 3.63) is 59.9 Å². The van der Waals surface area contributed by atoms with Gasteiger partial charge in [-0.25, -0.2) is 4.39 Å². The second kappa shape index (κ2) is 9.95. The minimum Gasteiger partial charge on any atom is -0.344 e. The van der Waals surface area contributed by atoms with E-state index in [4.69, 9.17) is 0 Å². The molecule has 6 heteroatoms. The Balaban J connectivity index is 1.43. The van der Waals surface area contributed by atoms with Crippen molar-refractivity contribution in [1.82, 2.24) is 5.32 Å². The Morgan fingerprint density at radius 3 is 2.57 bits per heavy atom. The summed E-state index contributed by atoms with van der Waals surface area (Å²) in [5.74, 6) is 5.94. The SMILES string of the molecule is O=C(CSc1ccc(F)cc1)NCC#Cc1ccc(N2CCCCC2=O)cc1. The first-order chi connectivity index (χ1) is 13.6. The second-order valence-corrected chi connectivity index (χ2v) is 7.42. The van der Waals surface area contributed by atoms with Gasteiger partial charge >= 0.3 is 0 Å². The Bertz CT molecular complexity index is 885. The second-order valence-electron chi connectivity index (χ2n) is 6.37. The van der Waals surface area contributed by atoms with Gasteiger partial charge in [-0.2, -0.15) is 0 Å². The molecule has 2 amide bonds. The summed E-state index contributed by atoms with van der Waals surface area (Å²) in [7, 11) is 0. The largest absolute Gasteiger partial charge is 0.344 e. The van der Waals surface area contributed by atoms with Gasteiger partial charge in [0, 0.05) is 29.1 Å². The van der Waals surface area contributed by atoms with Gasteiger partial charge < -0.3 is 10.2 Å². The molecule has 1 heterocycles. The molecule has 0 radical (unpaired) electrons. The van der Waals surface area contributed by atoms with Gasteiger partial charge in [0.15, 0.2) is 0 Å².